The highest BCUT2D eigenvalue weighted by Gasteiger charge is 2.30. The van der Waals surface area contributed by atoms with Gasteiger partial charge in [0.25, 0.3) is 0 Å². The van der Waals surface area contributed by atoms with Crippen LogP contribution < -0.4 is 0 Å². The summed E-state index contributed by atoms with van der Waals surface area (Å²) in [6.07, 6.45) is 6.99. The maximum Gasteiger partial charge on any atom is 0.446 e. The molecule has 1 aromatic carbocycles. The quantitative estimate of drug-likeness (QED) is 0.352. The van der Waals surface area contributed by atoms with Crippen molar-refractivity contribution in [3.8, 4) is 11.8 Å². The molecule has 1 aliphatic carbocycles. The molecule has 1 aromatic rings. The summed E-state index contributed by atoms with van der Waals surface area (Å²) in [4.78, 5) is 0.203. The van der Waals surface area contributed by atoms with Crippen LogP contribution in [0.1, 0.15) is 49.7 Å². The molecule has 0 amide bonds. The van der Waals surface area contributed by atoms with Gasteiger partial charge in [0.15, 0.2) is 0 Å². The lowest BCUT2D eigenvalue weighted by atomic mass is 10.0. The van der Waals surface area contributed by atoms with Gasteiger partial charge in [-0.3, -0.25) is 0 Å². The molecule has 0 N–H and O–H groups in total. The van der Waals surface area contributed by atoms with Crippen molar-refractivity contribution < 1.29 is 13.2 Å². The summed E-state index contributed by atoms with van der Waals surface area (Å²) < 4.78 is 37.8. The van der Waals surface area contributed by atoms with Crippen molar-refractivity contribution in [2.45, 2.75) is 55.9 Å². The smallest absolute Gasteiger partial charge is 0.160 e. The molecule has 0 spiro atoms. The number of hydrogen-bond donors (Lipinski definition) is 0. The van der Waals surface area contributed by atoms with Crippen LogP contribution in [-0.4, -0.2) is 5.51 Å². The largest absolute Gasteiger partial charge is 0.446 e. The van der Waals surface area contributed by atoms with Crippen LogP contribution in [0.3, 0.4) is 0 Å². The Morgan fingerprint density at radius 3 is 2.38 bits per heavy atom. The van der Waals surface area contributed by atoms with Crippen molar-refractivity contribution in [3.63, 3.8) is 0 Å². The summed E-state index contributed by atoms with van der Waals surface area (Å²) in [5.41, 5.74) is -2.83. The first-order valence-corrected chi connectivity index (χ1v) is 8.13. The lowest BCUT2D eigenvalue weighted by Gasteiger charge is -2.09. The molecule has 0 nitrogen and oxygen atoms in total. The van der Waals surface area contributed by atoms with Crippen molar-refractivity contribution in [2.75, 3.05) is 0 Å². The van der Waals surface area contributed by atoms with Gasteiger partial charge in [-0.15, -0.1) is 0 Å². The molecule has 1 aliphatic rings. The van der Waals surface area contributed by atoms with E-state index in [1.165, 1.54) is 31.7 Å². The Kier molecular flexibility index (Phi) is 5.64. The van der Waals surface area contributed by atoms with E-state index >= 15 is 0 Å². The third-order valence-electron chi connectivity index (χ3n) is 3.63. The van der Waals surface area contributed by atoms with E-state index in [-0.39, 0.29) is 16.7 Å². The number of rotatable bonds is 1. The first-order valence-electron chi connectivity index (χ1n) is 7.32. The SMILES string of the molecule is Cc1ccc(SC(F)(F)F)c(C#CC2CCCCCC2)c1. The third kappa shape index (κ3) is 5.67. The van der Waals surface area contributed by atoms with Gasteiger partial charge >= 0.3 is 5.51 Å². The first-order chi connectivity index (χ1) is 9.94. The Morgan fingerprint density at radius 2 is 1.76 bits per heavy atom. The minimum atomic E-state index is -4.27. The van der Waals surface area contributed by atoms with Gasteiger partial charge in [0.05, 0.1) is 0 Å². The topological polar surface area (TPSA) is 0 Å². The standard InChI is InChI=1S/C17H19F3S/c1-13-8-11-16(21-17(18,19)20)15(12-13)10-9-14-6-4-2-3-5-7-14/h8,11-12,14H,2-7H2,1H3. The van der Waals surface area contributed by atoms with E-state index in [1.54, 1.807) is 12.1 Å². The van der Waals surface area contributed by atoms with Crippen molar-refractivity contribution in [1.29, 1.82) is 0 Å². The fraction of sp³-hybridized carbons (Fsp3) is 0.529. The van der Waals surface area contributed by atoms with Gasteiger partial charge in [0, 0.05) is 16.4 Å². The van der Waals surface area contributed by atoms with Crippen molar-refractivity contribution in [2.24, 2.45) is 5.92 Å². The van der Waals surface area contributed by atoms with Crippen molar-refractivity contribution in [1.82, 2.24) is 0 Å². The number of benzene rings is 1. The minimum absolute atomic E-state index is 0.0757. The molecular weight excluding hydrogens is 293 g/mol. The van der Waals surface area contributed by atoms with Crippen LogP contribution in [0.4, 0.5) is 13.2 Å². The zero-order valence-corrected chi connectivity index (χ0v) is 12.9. The average Bonchev–Trinajstić information content (AvgIpc) is 2.66. The van der Waals surface area contributed by atoms with Gasteiger partial charge in [-0.05, 0) is 49.2 Å². The molecule has 1 fully saturated rings. The predicted molar refractivity (Wildman–Crippen MR) is 81.2 cm³/mol. The molecule has 2 rings (SSSR count). The summed E-state index contributed by atoms with van der Waals surface area (Å²) >= 11 is -0.0757. The normalized spacial score (nSPS) is 17.0. The summed E-state index contributed by atoms with van der Waals surface area (Å²) in [5.74, 6) is 6.53. The zero-order valence-electron chi connectivity index (χ0n) is 12.1. The Balaban J connectivity index is 2.20. The highest BCUT2D eigenvalue weighted by molar-refractivity contribution is 8.00. The number of alkyl halides is 3. The Bertz CT molecular complexity index is 529. The van der Waals surface area contributed by atoms with Crippen LogP contribution in [0.25, 0.3) is 0 Å². The van der Waals surface area contributed by atoms with Crippen LogP contribution in [0.2, 0.25) is 0 Å². The molecule has 0 bridgehead atoms. The molecule has 0 atom stereocenters. The molecule has 114 valence electrons. The molecule has 0 heterocycles. The lowest BCUT2D eigenvalue weighted by molar-refractivity contribution is -0.0328. The number of halogens is 3. The van der Waals surface area contributed by atoms with E-state index in [2.05, 4.69) is 11.8 Å². The Labute approximate surface area is 128 Å². The molecule has 0 radical (unpaired) electrons. The maximum atomic E-state index is 12.6. The maximum absolute atomic E-state index is 12.6. The number of thioether (sulfide) groups is 1. The van der Waals surface area contributed by atoms with Crippen LogP contribution in [0.5, 0.6) is 0 Å². The van der Waals surface area contributed by atoms with E-state index in [4.69, 9.17) is 0 Å². The second-order valence-electron chi connectivity index (χ2n) is 5.51. The van der Waals surface area contributed by atoms with E-state index in [1.807, 2.05) is 6.92 Å². The molecule has 1 saturated carbocycles. The lowest BCUT2D eigenvalue weighted by Crippen LogP contribution is -2.00. The fourth-order valence-corrected chi connectivity index (χ4v) is 3.16. The number of aryl methyl sites for hydroxylation is 1. The predicted octanol–water partition coefficient (Wildman–Crippen LogP) is 5.93. The van der Waals surface area contributed by atoms with Crippen molar-refractivity contribution >= 4 is 11.8 Å². The fourth-order valence-electron chi connectivity index (χ4n) is 2.56. The molecule has 0 aromatic heterocycles. The zero-order chi connectivity index (χ0) is 15.3. The summed E-state index contributed by atoms with van der Waals surface area (Å²) in [6.45, 7) is 1.87. The second kappa shape index (κ2) is 7.26. The molecule has 21 heavy (non-hydrogen) atoms. The van der Waals surface area contributed by atoms with Gasteiger partial charge in [-0.1, -0.05) is 43.6 Å². The van der Waals surface area contributed by atoms with E-state index < -0.39 is 5.51 Å². The van der Waals surface area contributed by atoms with Gasteiger partial charge in [0.2, 0.25) is 0 Å². The van der Waals surface area contributed by atoms with Gasteiger partial charge in [0.1, 0.15) is 0 Å². The minimum Gasteiger partial charge on any atom is -0.160 e. The van der Waals surface area contributed by atoms with Crippen LogP contribution in [0, 0.1) is 24.7 Å². The highest BCUT2D eigenvalue weighted by Crippen LogP contribution is 2.38. The highest BCUT2D eigenvalue weighted by atomic mass is 32.2. The molecule has 0 aliphatic heterocycles. The van der Waals surface area contributed by atoms with Gasteiger partial charge in [-0.25, -0.2) is 0 Å². The van der Waals surface area contributed by atoms with E-state index in [0.29, 0.717) is 11.5 Å². The molecule has 4 heteroatoms. The summed E-state index contributed by atoms with van der Waals surface area (Å²) in [6, 6.07) is 4.97. The van der Waals surface area contributed by atoms with Crippen molar-refractivity contribution in [3.05, 3.63) is 29.3 Å². The van der Waals surface area contributed by atoms with Gasteiger partial charge < -0.3 is 0 Å². The molecule has 0 saturated heterocycles. The Hall–Kier alpha value is -1.08. The average molecular weight is 312 g/mol. The van der Waals surface area contributed by atoms with Crippen LogP contribution in [-0.2, 0) is 0 Å². The summed E-state index contributed by atoms with van der Waals surface area (Å²) in [5, 5.41) is 0. The van der Waals surface area contributed by atoms with E-state index in [0.717, 1.165) is 18.4 Å². The third-order valence-corrected chi connectivity index (χ3v) is 4.43. The monoisotopic (exact) mass is 312 g/mol. The summed E-state index contributed by atoms with van der Waals surface area (Å²) in [7, 11) is 0. The van der Waals surface area contributed by atoms with Crippen LogP contribution >= 0.6 is 11.8 Å². The Morgan fingerprint density at radius 1 is 1.10 bits per heavy atom. The number of hydrogen-bond acceptors (Lipinski definition) is 1. The first kappa shape index (κ1) is 16.3. The second-order valence-corrected chi connectivity index (χ2v) is 6.61. The van der Waals surface area contributed by atoms with E-state index in [9.17, 15) is 13.2 Å². The molecule has 0 unspecified atom stereocenters. The molecular formula is C17H19F3S. The van der Waals surface area contributed by atoms with Gasteiger partial charge in [-0.2, -0.15) is 13.2 Å². The van der Waals surface area contributed by atoms with Crippen LogP contribution in [0.15, 0.2) is 23.1 Å².